The Morgan fingerprint density at radius 1 is 1.27 bits per heavy atom. The Kier molecular flexibility index (Phi) is 4.52. The van der Waals surface area contributed by atoms with Gasteiger partial charge in [-0.05, 0) is 18.4 Å². The molecule has 0 atom stereocenters. The molecule has 82 valence electrons. The van der Waals surface area contributed by atoms with Crippen molar-refractivity contribution in [3.8, 4) is 0 Å². The average Bonchev–Trinajstić information content (AvgIpc) is 2.26. The maximum Gasteiger partial charge on any atom is 0.233 e. The molecular formula is C11H15NO2S. The first-order valence-electron chi connectivity index (χ1n) is 4.80. The van der Waals surface area contributed by atoms with Crippen LogP contribution in [0.3, 0.4) is 0 Å². The molecule has 0 radical (unpaired) electrons. The standard InChI is InChI=1S/C11H15NO2S/c1-2-15(13,14)12-10-6-9-11-7-4-3-5-8-11/h2-5,7-8,12H,1,6,9-10H2. The lowest BCUT2D eigenvalue weighted by atomic mass is 10.1. The second-order valence-electron chi connectivity index (χ2n) is 3.20. The molecule has 0 aliphatic rings. The summed E-state index contributed by atoms with van der Waals surface area (Å²) in [5.41, 5.74) is 1.22. The Labute approximate surface area is 90.9 Å². The van der Waals surface area contributed by atoms with Crippen molar-refractivity contribution in [3.05, 3.63) is 47.9 Å². The summed E-state index contributed by atoms with van der Waals surface area (Å²) >= 11 is 0. The molecule has 15 heavy (non-hydrogen) atoms. The summed E-state index contributed by atoms with van der Waals surface area (Å²) in [6.45, 7) is 3.67. The summed E-state index contributed by atoms with van der Waals surface area (Å²) in [6, 6.07) is 9.97. The van der Waals surface area contributed by atoms with Gasteiger partial charge in [-0.2, -0.15) is 0 Å². The Morgan fingerprint density at radius 2 is 1.93 bits per heavy atom. The van der Waals surface area contributed by atoms with Crippen LogP contribution in [0.4, 0.5) is 0 Å². The SMILES string of the molecule is C=CS(=O)(=O)NCCCc1ccccc1. The van der Waals surface area contributed by atoms with E-state index >= 15 is 0 Å². The van der Waals surface area contributed by atoms with Gasteiger partial charge in [0, 0.05) is 12.0 Å². The van der Waals surface area contributed by atoms with Crippen LogP contribution in [0.1, 0.15) is 12.0 Å². The van der Waals surface area contributed by atoms with Gasteiger partial charge in [-0.3, -0.25) is 0 Å². The number of hydrogen-bond donors (Lipinski definition) is 1. The van der Waals surface area contributed by atoms with Crippen LogP contribution in [-0.4, -0.2) is 15.0 Å². The first-order chi connectivity index (χ1) is 7.14. The normalized spacial score (nSPS) is 11.2. The number of benzene rings is 1. The van der Waals surface area contributed by atoms with Crippen LogP contribution < -0.4 is 4.72 Å². The number of sulfonamides is 1. The highest BCUT2D eigenvalue weighted by molar-refractivity contribution is 7.92. The molecule has 4 heteroatoms. The second kappa shape index (κ2) is 5.68. The number of hydrogen-bond acceptors (Lipinski definition) is 2. The molecule has 0 aliphatic carbocycles. The van der Waals surface area contributed by atoms with Gasteiger partial charge in [0.1, 0.15) is 0 Å². The van der Waals surface area contributed by atoms with E-state index in [9.17, 15) is 8.42 Å². The molecule has 1 aromatic carbocycles. The van der Waals surface area contributed by atoms with Gasteiger partial charge >= 0.3 is 0 Å². The van der Waals surface area contributed by atoms with E-state index in [0.29, 0.717) is 6.54 Å². The van der Waals surface area contributed by atoms with Crippen molar-refractivity contribution < 1.29 is 8.42 Å². The zero-order valence-electron chi connectivity index (χ0n) is 8.52. The first kappa shape index (κ1) is 11.9. The highest BCUT2D eigenvalue weighted by atomic mass is 32.2. The van der Waals surface area contributed by atoms with Gasteiger partial charge in [0.25, 0.3) is 0 Å². The fourth-order valence-electron chi connectivity index (χ4n) is 1.21. The minimum absolute atomic E-state index is 0.448. The molecule has 0 heterocycles. The fraction of sp³-hybridized carbons (Fsp3) is 0.273. The molecule has 0 amide bonds. The van der Waals surface area contributed by atoms with E-state index in [-0.39, 0.29) is 0 Å². The first-order valence-corrected chi connectivity index (χ1v) is 6.35. The molecule has 0 unspecified atom stereocenters. The molecule has 0 saturated heterocycles. The van der Waals surface area contributed by atoms with Gasteiger partial charge in [0.2, 0.25) is 10.0 Å². The largest absolute Gasteiger partial charge is 0.233 e. The smallest absolute Gasteiger partial charge is 0.212 e. The van der Waals surface area contributed by atoms with E-state index in [2.05, 4.69) is 11.3 Å². The predicted molar refractivity (Wildman–Crippen MR) is 61.9 cm³/mol. The molecule has 0 spiro atoms. The maximum absolute atomic E-state index is 11.0. The Hall–Kier alpha value is -1.13. The van der Waals surface area contributed by atoms with E-state index in [1.807, 2.05) is 30.3 Å². The number of rotatable bonds is 6. The highest BCUT2D eigenvalue weighted by Gasteiger charge is 2.01. The molecule has 1 aromatic rings. The van der Waals surface area contributed by atoms with E-state index in [0.717, 1.165) is 18.2 Å². The van der Waals surface area contributed by atoms with Crippen molar-refractivity contribution in [2.75, 3.05) is 6.54 Å². The van der Waals surface area contributed by atoms with Crippen molar-refractivity contribution in [2.24, 2.45) is 0 Å². The Bertz CT molecular complexity index is 398. The van der Waals surface area contributed by atoms with Crippen LogP contribution in [0.15, 0.2) is 42.3 Å². The van der Waals surface area contributed by atoms with E-state index in [4.69, 9.17) is 0 Å². The van der Waals surface area contributed by atoms with Crippen LogP contribution >= 0.6 is 0 Å². The molecular weight excluding hydrogens is 210 g/mol. The van der Waals surface area contributed by atoms with Gasteiger partial charge in [0.15, 0.2) is 0 Å². The maximum atomic E-state index is 11.0. The summed E-state index contributed by atoms with van der Waals surface area (Å²) in [5.74, 6) is 0. The van der Waals surface area contributed by atoms with Crippen molar-refractivity contribution >= 4 is 10.0 Å². The third-order valence-electron chi connectivity index (χ3n) is 2.01. The van der Waals surface area contributed by atoms with Crippen LogP contribution in [0, 0.1) is 0 Å². The number of aryl methyl sites for hydroxylation is 1. The molecule has 1 rings (SSSR count). The van der Waals surface area contributed by atoms with Crippen molar-refractivity contribution in [3.63, 3.8) is 0 Å². The van der Waals surface area contributed by atoms with Crippen molar-refractivity contribution in [1.29, 1.82) is 0 Å². The van der Waals surface area contributed by atoms with E-state index in [1.165, 1.54) is 5.56 Å². The molecule has 0 fully saturated rings. The van der Waals surface area contributed by atoms with Crippen LogP contribution in [0.25, 0.3) is 0 Å². The number of nitrogens with one attached hydrogen (secondary N) is 1. The molecule has 0 saturated carbocycles. The molecule has 1 N–H and O–H groups in total. The van der Waals surface area contributed by atoms with Gasteiger partial charge in [-0.15, -0.1) is 0 Å². The molecule has 0 aliphatic heterocycles. The molecule has 3 nitrogen and oxygen atoms in total. The van der Waals surface area contributed by atoms with Gasteiger partial charge < -0.3 is 0 Å². The van der Waals surface area contributed by atoms with E-state index in [1.54, 1.807) is 0 Å². The van der Waals surface area contributed by atoms with Crippen LogP contribution in [-0.2, 0) is 16.4 Å². The second-order valence-corrected chi connectivity index (χ2v) is 4.91. The minimum atomic E-state index is -3.26. The summed E-state index contributed by atoms with van der Waals surface area (Å²) in [7, 11) is -3.26. The lowest BCUT2D eigenvalue weighted by Crippen LogP contribution is -2.22. The zero-order valence-corrected chi connectivity index (χ0v) is 9.33. The minimum Gasteiger partial charge on any atom is -0.212 e. The Balaban J connectivity index is 2.26. The predicted octanol–water partition coefficient (Wildman–Crippen LogP) is 1.68. The monoisotopic (exact) mass is 225 g/mol. The summed E-state index contributed by atoms with van der Waals surface area (Å²) in [5, 5.41) is 0.926. The summed E-state index contributed by atoms with van der Waals surface area (Å²) in [4.78, 5) is 0. The van der Waals surface area contributed by atoms with Crippen molar-refractivity contribution in [1.82, 2.24) is 4.72 Å². The Morgan fingerprint density at radius 3 is 2.53 bits per heavy atom. The molecule has 0 aromatic heterocycles. The third-order valence-corrected chi connectivity index (χ3v) is 3.05. The van der Waals surface area contributed by atoms with Crippen LogP contribution in [0.5, 0.6) is 0 Å². The van der Waals surface area contributed by atoms with E-state index < -0.39 is 10.0 Å². The van der Waals surface area contributed by atoms with Crippen molar-refractivity contribution in [2.45, 2.75) is 12.8 Å². The van der Waals surface area contributed by atoms with Gasteiger partial charge in [-0.25, -0.2) is 13.1 Å². The lowest BCUT2D eigenvalue weighted by molar-refractivity contribution is 0.588. The topological polar surface area (TPSA) is 46.2 Å². The zero-order chi connectivity index (χ0) is 11.1. The third kappa shape index (κ3) is 4.76. The highest BCUT2D eigenvalue weighted by Crippen LogP contribution is 2.01. The quantitative estimate of drug-likeness (QED) is 0.749. The fourth-order valence-corrected chi connectivity index (χ4v) is 1.76. The van der Waals surface area contributed by atoms with Gasteiger partial charge in [0.05, 0.1) is 0 Å². The molecule has 0 bridgehead atoms. The summed E-state index contributed by atoms with van der Waals surface area (Å²) < 4.78 is 24.4. The lowest BCUT2D eigenvalue weighted by Gasteiger charge is -2.02. The summed E-state index contributed by atoms with van der Waals surface area (Å²) in [6.07, 6.45) is 1.66. The van der Waals surface area contributed by atoms with Crippen LogP contribution in [0.2, 0.25) is 0 Å². The average molecular weight is 225 g/mol. The van der Waals surface area contributed by atoms with Gasteiger partial charge in [-0.1, -0.05) is 36.9 Å².